The topological polar surface area (TPSA) is 34.1 Å². The smallest absolute Gasteiger partial charge is 0.136 e. The monoisotopic (exact) mass is 440 g/mol. The lowest BCUT2D eigenvalue weighted by atomic mass is 9.30. The third kappa shape index (κ3) is 2.65. The van der Waals surface area contributed by atoms with Gasteiger partial charge in [0.15, 0.2) is 0 Å². The maximum absolute atomic E-state index is 13.3. The zero-order valence-electron chi connectivity index (χ0n) is 22.0. The number of ketones is 1. The van der Waals surface area contributed by atoms with Gasteiger partial charge in [0.2, 0.25) is 0 Å². The van der Waals surface area contributed by atoms with E-state index in [1.807, 2.05) is 0 Å². The zero-order chi connectivity index (χ0) is 23.4. The number of fused-ring (bicyclic) bond motifs is 7. The number of aldehydes is 1. The summed E-state index contributed by atoms with van der Waals surface area (Å²) < 4.78 is 0. The molecule has 180 valence electrons. The Morgan fingerprint density at radius 2 is 1.44 bits per heavy atom. The van der Waals surface area contributed by atoms with Gasteiger partial charge in [-0.2, -0.15) is 0 Å². The average Bonchev–Trinajstić information content (AvgIpc) is 2.72. The first-order valence-corrected chi connectivity index (χ1v) is 13.8. The second-order valence-electron chi connectivity index (χ2n) is 15.0. The minimum absolute atomic E-state index is 0.103. The van der Waals surface area contributed by atoms with E-state index in [9.17, 15) is 9.59 Å². The Labute approximate surface area is 197 Å². The molecule has 9 atom stereocenters. The van der Waals surface area contributed by atoms with E-state index in [-0.39, 0.29) is 27.6 Å². The molecule has 5 rings (SSSR count). The molecule has 2 nitrogen and oxygen atoms in total. The van der Waals surface area contributed by atoms with Crippen LogP contribution < -0.4 is 0 Å². The molecule has 0 saturated heterocycles. The molecule has 5 aliphatic carbocycles. The first kappa shape index (κ1) is 23.1. The van der Waals surface area contributed by atoms with Gasteiger partial charge in [0.1, 0.15) is 12.1 Å². The van der Waals surface area contributed by atoms with Crippen LogP contribution in [0.15, 0.2) is 0 Å². The molecule has 0 aromatic heterocycles. The van der Waals surface area contributed by atoms with E-state index in [2.05, 4.69) is 48.5 Å². The second kappa shape index (κ2) is 6.72. The minimum Gasteiger partial charge on any atom is -0.303 e. The molecule has 0 spiro atoms. The summed E-state index contributed by atoms with van der Waals surface area (Å²) in [5.41, 5.74) is 1.04. The minimum atomic E-state index is -0.161. The largest absolute Gasteiger partial charge is 0.303 e. The van der Waals surface area contributed by atoms with Crippen LogP contribution in [-0.4, -0.2) is 12.1 Å². The van der Waals surface area contributed by atoms with Gasteiger partial charge in [-0.15, -0.1) is 0 Å². The van der Waals surface area contributed by atoms with Crippen molar-refractivity contribution in [1.29, 1.82) is 0 Å². The normalized spacial score (nSPS) is 56.9. The Hall–Kier alpha value is -0.660. The quantitative estimate of drug-likeness (QED) is 0.393. The maximum atomic E-state index is 13.3. The molecule has 5 saturated carbocycles. The molecule has 5 fully saturated rings. The molecule has 0 aliphatic heterocycles. The zero-order valence-corrected chi connectivity index (χ0v) is 22.0. The second-order valence-corrected chi connectivity index (χ2v) is 15.0. The van der Waals surface area contributed by atoms with Crippen molar-refractivity contribution >= 4 is 12.1 Å². The molecule has 0 aromatic carbocycles. The summed E-state index contributed by atoms with van der Waals surface area (Å²) in [6.07, 6.45) is 14.3. The summed E-state index contributed by atoms with van der Waals surface area (Å²) in [7, 11) is 0. The lowest BCUT2D eigenvalue weighted by Gasteiger charge is -2.74. The van der Waals surface area contributed by atoms with Gasteiger partial charge in [-0.25, -0.2) is 0 Å². The van der Waals surface area contributed by atoms with E-state index < -0.39 is 0 Å². The van der Waals surface area contributed by atoms with Gasteiger partial charge in [0, 0.05) is 17.8 Å². The van der Waals surface area contributed by atoms with Gasteiger partial charge >= 0.3 is 0 Å². The van der Waals surface area contributed by atoms with E-state index in [0.717, 1.165) is 19.3 Å². The van der Waals surface area contributed by atoms with Crippen LogP contribution in [0.1, 0.15) is 119 Å². The third-order valence-electron chi connectivity index (χ3n) is 13.4. The average molecular weight is 441 g/mol. The van der Waals surface area contributed by atoms with Crippen LogP contribution >= 0.6 is 0 Å². The first-order chi connectivity index (χ1) is 14.8. The summed E-state index contributed by atoms with van der Waals surface area (Å²) in [6, 6.07) is 0. The van der Waals surface area contributed by atoms with Crippen molar-refractivity contribution in [3.63, 3.8) is 0 Å². The molecule has 0 heterocycles. The Bertz CT molecular complexity index is 829. The lowest BCUT2D eigenvalue weighted by Crippen LogP contribution is -2.69. The van der Waals surface area contributed by atoms with Crippen molar-refractivity contribution in [3.05, 3.63) is 0 Å². The standard InChI is InChI=1S/C30H48O2/c1-20-21(32)8-9-22-27(20,5)11-10-23-28(22,6)15-17-30(19-31)24-18-25(2,3)12-13-26(24,4)14-16-29(23,30)7/h19-20,22-24H,8-18H2,1-7H3/t20-,22+,23-,24+,26+,27+,28-,29+,30+/m0/s1. The van der Waals surface area contributed by atoms with Crippen molar-refractivity contribution in [2.75, 3.05) is 0 Å². The number of rotatable bonds is 1. The van der Waals surface area contributed by atoms with Crippen LogP contribution in [0.2, 0.25) is 0 Å². The SMILES string of the molecule is C[C@H]1C(=O)CC[C@@H]2[C@]1(C)CC[C@H]1[C@@]2(C)CC[C@@]2(C=O)[C@@H]3CC(C)(C)CC[C@]3(C)CC[C@]12C. The van der Waals surface area contributed by atoms with Crippen molar-refractivity contribution in [3.8, 4) is 0 Å². The van der Waals surface area contributed by atoms with Gasteiger partial charge in [0.05, 0.1) is 0 Å². The summed E-state index contributed by atoms with van der Waals surface area (Å²) in [5.74, 6) is 2.45. The first-order valence-electron chi connectivity index (χ1n) is 13.8. The van der Waals surface area contributed by atoms with Gasteiger partial charge in [-0.1, -0.05) is 48.5 Å². The Morgan fingerprint density at radius 3 is 2.12 bits per heavy atom. The number of carbonyl (C=O) groups is 2. The fourth-order valence-electron chi connectivity index (χ4n) is 11.1. The fourth-order valence-corrected chi connectivity index (χ4v) is 11.1. The highest BCUT2D eigenvalue weighted by atomic mass is 16.1. The van der Waals surface area contributed by atoms with E-state index >= 15 is 0 Å². The summed E-state index contributed by atoms with van der Waals surface area (Å²) >= 11 is 0. The number of Topliss-reactive ketones (excluding diaryl/α,β-unsaturated/α-hetero) is 1. The molecular weight excluding hydrogens is 392 g/mol. The van der Waals surface area contributed by atoms with Gasteiger partial charge in [0.25, 0.3) is 0 Å². The van der Waals surface area contributed by atoms with E-state index in [0.29, 0.717) is 34.4 Å². The molecule has 5 aliphatic rings. The van der Waals surface area contributed by atoms with Gasteiger partial charge in [-0.05, 0) is 109 Å². The van der Waals surface area contributed by atoms with Gasteiger partial charge in [-0.3, -0.25) is 4.79 Å². The fraction of sp³-hybridized carbons (Fsp3) is 0.933. The lowest BCUT2D eigenvalue weighted by molar-refractivity contribution is -0.249. The van der Waals surface area contributed by atoms with Crippen LogP contribution in [0.5, 0.6) is 0 Å². The Kier molecular flexibility index (Phi) is 4.85. The molecule has 32 heavy (non-hydrogen) atoms. The van der Waals surface area contributed by atoms with Crippen molar-refractivity contribution in [2.24, 2.45) is 56.2 Å². The highest BCUT2D eigenvalue weighted by Crippen LogP contribution is 2.77. The third-order valence-corrected chi connectivity index (χ3v) is 13.4. The van der Waals surface area contributed by atoms with E-state index in [1.54, 1.807) is 0 Å². The predicted octanol–water partition coefficient (Wildman–Crippen LogP) is 7.64. The van der Waals surface area contributed by atoms with Crippen molar-refractivity contribution in [2.45, 2.75) is 119 Å². The van der Waals surface area contributed by atoms with Crippen LogP contribution in [0.25, 0.3) is 0 Å². The van der Waals surface area contributed by atoms with Crippen LogP contribution in [0.3, 0.4) is 0 Å². The summed E-state index contributed by atoms with van der Waals surface area (Å²) in [5, 5.41) is 0. The highest BCUT2D eigenvalue weighted by Gasteiger charge is 2.72. The molecule has 0 unspecified atom stereocenters. The molecule has 0 radical (unpaired) electrons. The number of hydrogen-bond acceptors (Lipinski definition) is 2. The Balaban J connectivity index is 1.58. The van der Waals surface area contributed by atoms with Crippen LogP contribution in [0, 0.1) is 56.2 Å². The van der Waals surface area contributed by atoms with Crippen molar-refractivity contribution < 1.29 is 9.59 Å². The molecule has 0 bridgehead atoms. The Morgan fingerprint density at radius 1 is 0.750 bits per heavy atom. The number of hydrogen-bond donors (Lipinski definition) is 0. The predicted molar refractivity (Wildman–Crippen MR) is 130 cm³/mol. The van der Waals surface area contributed by atoms with E-state index in [1.165, 1.54) is 57.7 Å². The van der Waals surface area contributed by atoms with Crippen LogP contribution in [-0.2, 0) is 9.59 Å². The summed E-state index contributed by atoms with van der Waals surface area (Å²) in [6.45, 7) is 17.2. The maximum Gasteiger partial charge on any atom is 0.136 e. The van der Waals surface area contributed by atoms with Crippen LogP contribution in [0.4, 0.5) is 0 Å². The molecular formula is C30H48O2. The number of carbonyl (C=O) groups excluding carboxylic acids is 2. The summed E-state index contributed by atoms with van der Waals surface area (Å²) in [4.78, 5) is 26.0. The molecule has 0 aromatic rings. The van der Waals surface area contributed by atoms with Gasteiger partial charge < -0.3 is 4.79 Å². The van der Waals surface area contributed by atoms with E-state index in [4.69, 9.17) is 0 Å². The molecule has 0 N–H and O–H groups in total. The highest BCUT2D eigenvalue weighted by molar-refractivity contribution is 5.82. The van der Waals surface area contributed by atoms with Crippen molar-refractivity contribution in [1.82, 2.24) is 0 Å². The molecule has 2 heteroatoms. The molecule has 0 amide bonds.